The first-order valence-electron chi connectivity index (χ1n) is 5.73. The molecule has 0 aliphatic heterocycles. The smallest absolute Gasteiger partial charge is 0.156 e. The number of aromatic nitrogens is 4. The Kier molecular flexibility index (Phi) is 2.79. The van der Waals surface area contributed by atoms with Crippen molar-refractivity contribution in [3.63, 3.8) is 0 Å². The first-order valence-corrected chi connectivity index (χ1v) is 5.73. The van der Waals surface area contributed by atoms with Crippen LogP contribution in [0.15, 0.2) is 0 Å². The van der Waals surface area contributed by atoms with Crippen molar-refractivity contribution in [1.29, 1.82) is 0 Å². The lowest BCUT2D eigenvalue weighted by Gasteiger charge is -2.07. The van der Waals surface area contributed by atoms with E-state index in [9.17, 15) is 0 Å². The van der Waals surface area contributed by atoms with E-state index >= 15 is 0 Å². The standard InChI is InChI=1S/C12H19N5/c1-7-8(2)15-17(10(7)4)12-11(6-13)9(3)14-16(12)5/h6,13H2,1-5H3. The molecule has 2 N–H and O–H groups in total. The molecular formula is C12H19N5. The molecule has 0 aliphatic rings. The third-order valence-corrected chi connectivity index (χ3v) is 3.37. The number of hydrogen-bond donors (Lipinski definition) is 1. The molecule has 2 heterocycles. The molecule has 0 radical (unpaired) electrons. The minimum absolute atomic E-state index is 0.479. The predicted molar refractivity (Wildman–Crippen MR) is 67.2 cm³/mol. The molecule has 0 atom stereocenters. The van der Waals surface area contributed by atoms with E-state index in [1.54, 1.807) is 0 Å². The van der Waals surface area contributed by atoms with Crippen LogP contribution >= 0.6 is 0 Å². The molecule has 0 saturated heterocycles. The highest BCUT2D eigenvalue weighted by atomic mass is 15.4. The number of nitrogens with zero attached hydrogens (tertiary/aromatic N) is 4. The van der Waals surface area contributed by atoms with Gasteiger partial charge in [-0.3, -0.25) is 4.68 Å². The molecular weight excluding hydrogens is 214 g/mol. The van der Waals surface area contributed by atoms with E-state index in [1.807, 2.05) is 30.3 Å². The SMILES string of the molecule is Cc1nn(-c2c(CN)c(C)nn2C)c(C)c1C. The highest BCUT2D eigenvalue weighted by molar-refractivity contribution is 5.40. The molecule has 2 rings (SSSR count). The van der Waals surface area contributed by atoms with E-state index in [-0.39, 0.29) is 0 Å². The Hall–Kier alpha value is -1.62. The van der Waals surface area contributed by atoms with Gasteiger partial charge in [0.1, 0.15) is 0 Å². The molecule has 0 fully saturated rings. The van der Waals surface area contributed by atoms with Gasteiger partial charge in [0.2, 0.25) is 0 Å². The zero-order valence-corrected chi connectivity index (χ0v) is 11.1. The molecule has 0 bridgehead atoms. The lowest BCUT2D eigenvalue weighted by atomic mass is 10.2. The Morgan fingerprint density at radius 2 is 1.71 bits per heavy atom. The first-order chi connectivity index (χ1) is 7.97. The normalized spacial score (nSPS) is 11.2. The number of aryl methyl sites for hydroxylation is 3. The number of nitrogens with two attached hydrogens (primary N) is 1. The molecule has 2 aromatic rings. The molecule has 0 aromatic carbocycles. The van der Waals surface area contributed by atoms with Crippen LogP contribution in [0.4, 0.5) is 0 Å². The van der Waals surface area contributed by atoms with E-state index in [2.05, 4.69) is 24.0 Å². The van der Waals surface area contributed by atoms with Crippen LogP contribution < -0.4 is 5.73 Å². The van der Waals surface area contributed by atoms with Gasteiger partial charge < -0.3 is 5.73 Å². The minimum atomic E-state index is 0.479. The van der Waals surface area contributed by atoms with Crippen LogP contribution in [-0.2, 0) is 13.6 Å². The maximum atomic E-state index is 5.80. The third-order valence-electron chi connectivity index (χ3n) is 3.37. The highest BCUT2D eigenvalue weighted by Crippen LogP contribution is 2.21. The fourth-order valence-corrected chi connectivity index (χ4v) is 2.12. The minimum Gasteiger partial charge on any atom is -0.326 e. The van der Waals surface area contributed by atoms with Crippen molar-refractivity contribution in [2.24, 2.45) is 12.8 Å². The molecule has 5 heteroatoms. The summed E-state index contributed by atoms with van der Waals surface area (Å²) >= 11 is 0. The summed E-state index contributed by atoms with van der Waals surface area (Å²) in [5.74, 6) is 0.971. The third kappa shape index (κ3) is 1.67. The molecule has 0 spiro atoms. The van der Waals surface area contributed by atoms with Gasteiger partial charge in [-0.05, 0) is 33.3 Å². The Labute approximate surface area is 101 Å². The van der Waals surface area contributed by atoms with E-state index < -0.39 is 0 Å². The van der Waals surface area contributed by atoms with Gasteiger partial charge in [0.25, 0.3) is 0 Å². The Balaban J connectivity index is 2.72. The van der Waals surface area contributed by atoms with Crippen molar-refractivity contribution < 1.29 is 0 Å². The second kappa shape index (κ2) is 4.00. The van der Waals surface area contributed by atoms with Gasteiger partial charge in [0.15, 0.2) is 5.82 Å². The fourth-order valence-electron chi connectivity index (χ4n) is 2.12. The molecule has 0 aliphatic carbocycles. The van der Waals surface area contributed by atoms with Crippen LogP contribution in [-0.4, -0.2) is 19.6 Å². The second-order valence-electron chi connectivity index (χ2n) is 4.42. The molecule has 0 saturated carbocycles. The van der Waals surface area contributed by atoms with Crippen molar-refractivity contribution in [3.05, 3.63) is 28.2 Å². The summed E-state index contributed by atoms with van der Waals surface area (Å²) in [5.41, 5.74) is 11.2. The summed E-state index contributed by atoms with van der Waals surface area (Å²) in [6.07, 6.45) is 0. The molecule has 5 nitrogen and oxygen atoms in total. The van der Waals surface area contributed by atoms with E-state index in [0.29, 0.717) is 6.54 Å². The molecule has 92 valence electrons. The van der Waals surface area contributed by atoms with Gasteiger partial charge in [-0.25, -0.2) is 4.68 Å². The van der Waals surface area contributed by atoms with Crippen molar-refractivity contribution in [2.45, 2.75) is 34.2 Å². The first kappa shape index (κ1) is 11.9. The van der Waals surface area contributed by atoms with Gasteiger partial charge in [0, 0.05) is 24.8 Å². The Bertz CT molecular complexity index is 562. The van der Waals surface area contributed by atoms with Crippen molar-refractivity contribution >= 4 is 0 Å². The quantitative estimate of drug-likeness (QED) is 0.850. The Morgan fingerprint density at radius 1 is 1.06 bits per heavy atom. The van der Waals surface area contributed by atoms with Gasteiger partial charge in [-0.1, -0.05) is 0 Å². The van der Waals surface area contributed by atoms with Crippen LogP contribution in [0.1, 0.15) is 28.2 Å². The topological polar surface area (TPSA) is 61.7 Å². The van der Waals surface area contributed by atoms with E-state index in [0.717, 1.165) is 28.5 Å². The number of rotatable bonds is 2. The summed E-state index contributed by atoms with van der Waals surface area (Å²) in [4.78, 5) is 0. The predicted octanol–water partition coefficient (Wildman–Crippen LogP) is 1.30. The lowest BCUT2D eigenvalue weighted by Crippen LogP contribution is -2.10. The van der Waals surface area contributed by atoms with Crippen LogP contribution in [0.5, 0.6) is 0 Å². The van der Waals surface area contributed by atoms with Crippen LogP contribution in [0.25, 0.3) is 5.82 Å². The summed E-state index contributed by atoms with van der Waals surface area (Å²) < 4.78 is 3.78. The molecule has 0 amide bonds. The van der Waals surface area contributed by atoms with Gasteiger partial charge >= 0.3 is 0 Å². The van der Waals surface area contributed by atoms with Crippen molar-refractivity contribution in [2.75, 3.05) is 0 Å². The van der Waals surface area contributed by atoms with Crippen LogP contribution in [0, 0.1) is 27.7 Å². The molecule has 2 aromatic heterocycles. The monoisotopic (exact) mass is 233 g/mol. The molecule has 17 heavy (non-hydrogen) atoms. The van der Waals surface area contributed by atoms with Gasteiger partial charge in [0.05, 0.1) is 11.4 Å². The van der Waals surface area contributed by atoms with E-state index in [4.69, 9.17) is 5.73 Å². The summed E-state index contributed by atoms with van der Waals surface area (Å²) in [5, 5.41) is 8.98. The maximum absolute atomic E-state index is 5.80. The largest absolute Gasteiger partial charge is 0.326 e. The highest BCUT2D eigenvalue weighted by Gasteiger charge is 2.17. The van der Waals surface area contributed by atoms with Gasteiger partial charge in [-0.2, -0.15) is 10.2 Å². The van der Waals surface area contributed by atoms with Crippen molar-refractivity contribution in [3.8, 4) is 5.82 Å². The maximum Gasteiger partial charge on any atom is 0.156 e. The average molecular weight is 233 g/mol. The average Bonchev–Trinajstić information content (AvgIpc) is 2.69. The van der Waals surface area contributed by atoms with Crippen molar-refractivity contribution in [1.82, 2.24) is 19.6 Å². The van der Waals surface area contributed by atoms with E-state index in [1.165, 1.54) is 5.56 Å². The lowest BCUT2D eigenvalue weighted by molar-refractivity contribution is 0.679. The summed E-state index contributed by atoms with van der Waals surface area (Å²) in [6, 6.07) is 0. The van der Waals surface area contributed by atoms with Crippen LogP contribution in [0.2, 0.25) is 0 Å². The molecule has 0 unspecified atom stereocenters. The summed E-state index contributed by atoms with van der Waals surface area (Å²) in [7, 11) is 1.92. The van der Waals surface area contributed by atoms with Gasteiger partial charge in [-0.15, -0.1) is 0 Å². The number of hydrogen-bond acceptors (Lipinski definition) is 3. The summed E-state index contributed by atoms with van der Waals surface area (Å²) in [6.45, 7) is 8.62. The second-order valence-corrected chi connectivity index (χ2v) is 4.42. The zero-order valence-electron chi connectivity index (χ0n) is 11.1. The van der Waals surface area contributed by atoms with Crippen LogP contribution in [0.3, 0.4) is 0 Å². The zero-order chi connectivity index (χ0) is 12.7. The Morgan fingerprint density at radius 3 is 2.18 bits per heavy atom. The fraction of sp³-hybridized carbons (Fsp3) is 0.500.